The third kappa shape index (κ3) is 6.25. The zero-order valence-electron chi connectivity index (χ0n) is 12.2. The Labute approximate surface area is 127 Å². The standard InChI is InChI=1S/C14H20BrNO4/c1-5-18-9-19-12-7-6-10(8-11(12)15)16-13(17)20-14(2,3)4/h6-8H,5,9H2,1-4H3,(H,16,17). The minimum atomic E-state index is -0.526. The summed E-state index contributed by atoms with van der Waals surface area (Å²) in [5.74, 6) is 0.646. The van der Waals surface area contributed by atoms with Gasteiger partial charge in [-0.1, -0.05) is 0 Å². The molecule has 0 radical (unpaired) electrons. The first kappa shape index (κ1) is 16.8. The fraction of sp³-hybridized carbons (Fsp3) is 0.500. The summed E-state index contributed by atoms with van der Waals surface area (Å²) in [5.41, 5.74) is 0.0943. The van der Waals surface area contributed by atoms with Gasteiger partial charge in [0.1, 0.15) is 11.4 Å². The minimum absolute atomic E-state index is 0.188. The molecule has 20 heavy (non-hydrogen) atoms. The van der Waals surface area contributed by atoms with Crippen LogP contribution in [0, 0.1) is 0 Å². The highest BCUT2D eigenvalue weighted by atomic mass is 79.9. The van der Waals surface area contributed by atoms with E-state index in [-0.39, 0.29) is 6.79 Å². The van der Waals surface area contributed by atoms with Crippen LogP contribution in [0.15, 0.2) is 22.7 Å². The highest BCUT2D eigenvalue weighted by Gasteiger charge is 2.16. The van der Waals surface area contributed by atoms with E-state index in [1.165, 1.54) is 0 Å². The Kier molecular flexibility index (Phi) is 6.29. The number of halogens is 1. The number of anilines is 1. The molecule has 0 bridgehead atoms. The molecule has 0 unspecified atom stereocenters. The normalized spacial score (nSPS) is 11.1. The van der Waals surface area contributed by atoms with Gasteiger partial charge in [0.15, 0.2) is 6.79 Å². The number of benzene rings is 1. The van der Waals surface area contributed by atoms with Crippen LogP contribution in [0.4, 0.5) is 10.5 Å². The van der Waals surface area contributed by atoms with E-state index in [9.17, 15) is 4.79 Å². The molecule has 0 saturated heterocycles. The van der Waals surface area contributed by atoms with Gasteiger partial charge in [-0.3, -0.25) is 5.32 Å². The zero-order chi connectivity index (χ0) is 15.2. The van der Waals surface area contributed by atoms with Crippen molar-refractivity contribution in [2.45, 2.75) is 33.3 Å². The molecule has 5 nitrogen and oxygen atoms in total. The van der Waals surface area contributed by atoms with Gasteiger partial charge in [0.25, 0.3) is 0 Å². The van der Waals surface area contributed by atoms with Crippen LogP contribution in [0.25, 0.3) is 0 Å². The number of carbonyl (C=O) groups excluding carboxylic acids is 1. The van der Waals surface area contributed by atoms with Crippen LogP contribution in [-0.4, -0.2) is 25.1 Å². The van der Waals surface area contributed by atoms with E-state index in [2.05, 4.69) is 21.2 Å². The SMILES string of the molecule is CCOCOc1ccc(NC(=O)OC(C)(C)C)cc1Br. The predicted octanol–water partition coefficient (Wildman–Crippen LogP) is 4.17. The molecule has 0 fully saturated rings. The molecule has 1 aromatic carbocycles. The van der Waals surface area contributed by atoms with Gasteiger partial charge in [-0.15, -0.1) is 0 Å². The van der Waals surface area contributed by atoms with Crippen LogP contribution in [-0.2, 0) is 9.47 Å². The minimum Gasteiger partial charge on any atom is -0.466 e. The molecule has 0 aliphatic carbocycles. The summed E-state index contributed by atoms with van der Waals surface area (Å²) >= 11 is 3.38. The Bertz CT molecular complexity index is 457. The molecule has 0 aromatic heterocycles. The molecule has 0 heterocycles. The van der Waals surface area contributed by atoms with E-state index in [1.54, 1.807) is 18.2 Å². The average Bonchev–Trinajstić information content (AvgIpc) is 2.29. The van der Waals surface area contributed by atoms with E-state index in [0.717, 1.165) is 4.47 Å². The van der Waals surface area contributed by atoms with Crippen LogP contribution < -0.4 is 10.1 Å². The fourth-order valence-electron chi connectivity index (χ4n) is 1.31. The van der Waals surface area contributed by atoms with Gasteiger partial charge >= 0.3 is 6.09 Å². The molecule has 6 heteroatoms. The predicted molar refractivity (Wildman–Crippen MR) is 81.1 cm³/mol. The summed E-state index contributed by atoms with van der Waals surface area (Å²) in [6.45, 7) is 8.11. The second-order valence-corrected chi connectivity index (χ2v) is 5.88. The van der Waals surface area contributed by atoms with Crippen LogP contribution in [0.1, 0.15) is 27.7 Å². The van der Waals surface area contributed by atoms with E-state index < -0.39 is 11.7 Å². The number of nitrogens with one attached hydrogen (secondary N) is 1. The Morgan fingerprint density at radius 1 is 1.35 bits per heavy atom. The Hall–Kier alpha value is -1.27. The molecule has 1 amide bonds. The van der Waals surface area contributed by atoms with Crippen LogP contribution >= 0.6 is 15.9 Å². The van der Waals surface area contributed by atoms with Crippen molar-refractivity contribution in [3.05, 3.63) is 22.7 Å². The maximum Gasteiger partial charge on any atom is 0.412 e. The number of amides is 1. The third-order valence-corrected chi connectivity index (χ3v) is 2.70. The second kappa shape index (κ2) is 7.50. The largest absolute Gasteiger partial charge is 0.466 e. The average molecular weight is 346 g/mol. The van der Waals surface area contributed by atoms with Crippen molar-refractivity contribution in [1.82, 2.24) is 0 Å². The number of rotatable bonds is 5. The van der Waals surface area contributed by atoms with Crippen molar-refractivity contribution < 1.29 is 19.0 Å². The summed E-state index contributed by atoms with van der Waals surface area (Å²) in [6.07, 6.45) is -0.493. The van der Waals surface area contributed by atoms with Gasteiger partial charge < -0.3 is 14.2 Å². The number of hydrogen-bond acceptors (Lipinski definition) is 4. The molecule has 0 saturated carbocycles. The maximum absolute atomic E-state index is 11.6. The molecule has 0 spiro atoms. The van der Waals surface area contributed by atoms with E-state index in [1.807, 2.05) is 27.7 Å². The molecule has 0 aliphatic rings. The third-order valence-electron chi connectivity index (χ3n) is 2.08. The van der Waals surface area contributed by atoms with Crippen molar-refractivity contribution in [3.63, 3.8) is 0 Å². The lowest BCUT2D eigenvalue weighted by atomic mass is 10.2. The van der Waals surface area contributed by atoms with E-state index in [4.69, 9.17) is 14.2 Å². The van der Waals surface area contributed by atoms with Crippen molar-refractivity contribution >= 4 is 27.7 Å². The molecule has 1 rings (SSSR count). The summed E-state index contributed by atoms with van der Waals surface area (Å²) < 4.78 is 16.4. The summed E-state index contributed by atoms with van der Waals surface area (Å²) in [4.78, 5) is 11.6. The van der Waals surface area contributed by atoms with Crippen LogP contribution in [0.2, 0.25) is 0 Å². The Morgan fingerprint density at radius 2 is 2.05 bits per heavy atom. The van der Waals surface area contributed by atoms with E-state index >= 15 is 0 Å². The summed E-state index contributed by atoms with van der Waals surface area (Å²) in [5, 5.41) is 2.66. The summed E-state index contributed by atoms with van der Waals surface area (Å²) in [7, 11) is 0. The van der Waals surface area contributed by atoms with Gasteiger partial charge in [0.2, 0.25) is 0 Å². The van der Waals surface area contributed by atoms with Gasteiger partial charge in [-0.25, -0.2) is 4.79 Å². The second-order valence-electron chi connectivity index (χ2n) is 5.03. The monoisotopic (exact) mass is 345 g/mol. The van der Waals surface area contributed by atoms with Crippen molar-refractivity contribution in [2.24, 2.45) is 0 Å². The molecular formula is C14H20BrNO4. The van der Waals surface area contributed by atoms with Crippen molar-refractivity contribution in [2.75, 3.05) is 18.7 Å². The lowest BCUT2D eigenvalue weighted by Crippen LogP contribution is -2.27. The fourth-order valence-corrected chi connectivity index (χ4v) is 1.80. The van der Waals surface area contributed by atoms with Gasteiger partial charge in [0.05, 0.1) is 4.47 Å². The lowest BCUT2D eigenvalue weighted by Gasteiger charge is -2.19. The maximum atomic E-state index is 11.6. The van der Waals surface area contributed by atoms with E-state index in [0.29, 0.717) is 18.0 Å². The highest BCUT2D eigenvalue weighted by Crippen LogP contribution is 2.28. The molecule has 1 N–H and O–H groups in total. The smallest absolute Gasteiger partial charge is 0.412 e. The van der Waals surface area contributed by atoms with Gasteiger partial charge in [-0.05, 0) is 61.8 Å². The van der Waals surface area contributed by atoms with Gasteiger partial charge in [-0.2, -0.15) is 0 Å². The quantitative estimate of drug-likeness (QED) is 0.642. The van der Waals surface area contributed by atoms with Crippen LogP contribution in [0.3, 0.4) is 0 Å². The highest BCUT2D eigenvalue weighted by molar-refractivity contribution is 9.10. The Morgan fingerprint density at radius 3 is 2.60 bits per heavy atom. The lowest BCUT2D eigenvalue weighted by molar-refractivity contribution is 0.0219. The van der Waals surface area contributed by atoms with Crippen molar-refractivity contribution in [3.8, 4) is 5.75 Å². The first-order valence-corrected chi connectivity index (χ1v) is 7.11. The molecule has 1 aromatic rings. The first-order chi connectivity index (χ1) is 9.31. The molecule has 0 aliphatic heterocycles. The number of ether oxygens (including phenoxy) is 3. The Balaban J connectivity index is 2.61. The van der Waals surface area contributed by atoms with Crippen molar-refractivity contribution in [1.29, 1.82) is 0 Å². The molecule has 112 valence electrons. The zero-order valence-corrected chi connectivity index (χ0v) is 13.7. The topological polar surface area (TPSA) is 56.8 Å². The number of carbonyl (C=O) groups is 1. The van der Waals surface area contributed by atoms with Gasteiger partial charge in [0, 0.05) is 12.3 Å². The van der Waals surface area contributed by atoms with Crippen LogP contribution in [0.5, 0.6) is 5.75 Å². The summed E-state index contributed by atoms with van der Waals surface area (Å²) in [6, 6.07) is 5.22. The number of hydrogen-bond donors (Lipinski definition) is 1. The molecule has 0 atom stereocenters. The molecular weight excluding hydrogens is 326 g/mol. The first-order valence-electron chi connectivity index (χ1n) is 6.32.